The van der Waals surface area contributed by atoms with Crippen molar-refractivity contribution in [3.63, 3.8) is 0 Å². The molecule has 0 radical (unpaired) electrons. The number of carboxylic acids is 1. The Hall–Kier alpha value is -1.59. The van der Waals surface area contributed by atoms with Crippen LogP contribution in [0.1, 0.15) is 31.1 Å². The van der Waals surface area contributed by atoms with Gasteiger partial charge in [0.25, 0.3) is 0 Å². The summed E-state index contributed by atoms with van der Waals surface area (Å²) in [6.45, 7) is 6.04. The van der Waals surface area contributed by atoms with Crippen molar-refractivity contribution in [1.29, 1.82) is 0 Å². The van der Waals surface area contributed by atoms with Gasteiger partial charge in [0.05, 0.1) is 11.1 Å². The lowest BCUT2D eigenvalue weighted by molar-refractivity contribution is -0.121. The fourth-order valence-corrected chi connectivity index (χ4v) is 1.83. The number of amides is 1. The van der Waals surface area contributed by atoms with Crippen LogP contribution < -0.4 is 10.6 Å². The Morgan fingerprint density at radius 2 is 1.95 bits per heavy atom. The molecule has 1 amide bonds. The fraction of sp³-hybridized carbons (Fsp3) is 0.385. The first-order valence-corrected chi connectivity index (χ1v) is 6.24. The molecule has 0 heterocycles. The van der Waals surface area contributed by atoms with Gasteiger partial charge in [-0.3, -0.25) is 4.79 Å². The highest BCUT2D eigenvalue weighted by molar-refractivity contribution is 6.31. The number of hydrogen-bond donors (Lipinski definition) is 3. The quantitative estimate of drug-likeness (QED) is 0.776. The van der Waals surface area contributed by atoms with Crippen molar-refractivity contribution < 1.29 is 14.7 Å². The molecule has 0 aliphatic carbocycles. The molecule has 1 rings (SSSR count). The molecule has 1 aromatic rings. The van der Waals surface area contributed by atoms with Crippen LogP contribution in [0.4, 0.5) is 5.69 Å². The third-order valence-electron chi connectivity index (χ3n) is 2.59. The Bertz CT molecular complexity index is 501. The number of aromatic carboxylic acids is 1. The molecular formula is C13H17ClN2O3. The second-order valence-electron chi connectivity index (χ2n) is 4.64. The number of likely N-dealkylation sites (N-methyl/N-ethyl adjacent to an activating group) is 1. The Morgan fingerprint density at radius 3 is 2.47 bits per heavy atom. The van der Waals surface area contributed by atoms with Crippen molar-refractivity contribution in [1.82, 2.24) is 5.32 Å². The summed E-state index contributed by atoms with van der Waals surface area (Å²) in [5.74, 6) is -1.35. The third kappa shape index (κ3) is 4.22. The minimum Gasteiger partial charge on any atom is -0.478 e. The lowest BCUT2D eigenvalue weighted by Crippen LogP contribution is -2.49. The maximum atomic E-state index is 12.1. The zero-order valence-corrected chi connectivity index (χ0v) is 11.8. The number of carbonyl (C=O) groups excluding carboxylic acids is 1. The van der Waals surface area contributed by atoms with E-state index in [2.05, 4.69) is 10.6 Å². The summed E-state index contributed by atoms with van der Waals surface area (Å²) in [6.07, 6.45) is 0. The van der Waals surface area contributed by atoms with E-state index >= 15 is 0 Å². The molecule has 0 spiro atoms. The van der Waals surface area contributed by atoms with Crippen LogP contribution in [0.3, 0.4) is 0 Å². The van der Waals surface area contributed by atoms with Crippen LogP contribution in [0, 0.1) is 0 Å². The van der Waals surface area contributed by atoms with Gasteiger partial charge in [0.2, 0.25) is 5.91 Å². The number of anilines is 1. The van der Waals surface area contributed by atoms with Crippen LogP contribution in [-0.2, 0) is 4.79 Å². The Balaban J connectivity index is 2.94. The molecule has 104 valence electrons. The molecule has 0 aromatic heterocycles. The highest BCUT2D eigenvalue weighted by Crippen LogP contribution is 2.20. The monoisotopic (exact) mass is 284 g/mol. The summed E-state index contributed by atoms with van der Waals surface area (Å²) in [6, 6.07) is 4.21. The summed E-state index contributed by atoms with van der Waals surface area (Å²) in [5.41, 5.74) is -0.356. The molecule has 3 N–H and O–H groups in total. The maximum Gasteiger partial charge on any atom is 0.335 e. The Morgan fingerprint density at radius 1 is 1.32 bits per heavy atom. The van der Waals surface area contributed by atoms with Gasteiger partial charge in [0.1, 0.15) is 0 Å². The van der Waals surface area contributed by atoms with E-state index in [1.165, 1.54) is 18.2 Å². The van der Waals surface area contributed by atoms with E-state index in [1.807, 2.05) is 6.92 Å². The Kier molecular flexibility index (Phi) is 4.91. The first-order chi connectivity index (χ1) is 8.76. The maximum absolute atomic E-state index is 12.1. The normalized spacial score (nSPS) is 11.2. The molecule has 0 aliphatic rings. The number of carbonyl (C=O) groups is 2. The van der Waals surface area contributed by atoms with Crippen molar-refractivity contribution >= 4 is 29.2 Å². The zero-order valence-electron chi connectivity index (χ0n) is 11.1. The first-order valence-electron chi connectivity index (χ1n) is 5.86. The standard InChI is InChI=1S/C13H17ClN2O3/c1-4-15-13(2,3)12(19)16-10-6-8(11(17)18)5-9(14)7-10/h5-7,15H,4H2,1-3H3,(H,16,19)(H,17,18). The van der Waals surface area contributed by atoms with E-state index in [0.717, 1.165) is 0 Å². The van der Waals surface area contributed by atoms with E-state index in [4.69, 9.17) is 16.7 Å². The van der Waals surface area contributed by atoms with Crippen LogP contribution in [0.5, 0.6) is 0 Å². The molecule has 0 saturated carbocycles. The lowest BCUT2D eigenvalue weighted by Gasteiger charge is -2.24. The number of benzene rings is 1. The van der Waals surface area contributed by atoms with Gasteiger partial charge in [-0.25, -0.2) is 4.79 Å². The largest absolute Gasteiger partial charge is 0.478 e. The predicted octanol–water partition coefficient (Wildman–Crippen LogP) is 2.36. The van der Waals surface area contributed by atoms with Crippen LogP contribution in [0.15, 0.2) is 18.2 Å². The molecule has 19 heavy (non-hydrogen) atoms. The molecule has 0 aliphatic heterocycles. The van der Waals surface area contributed by atoms with Gasteiger partial charge < -0.3 is 15.7 Å². The summed E-state index contributed by atoms with van der Waals surface area (Å²) in [7, 11) is 0. The van der Waals surface area contributed by atoms with Gasteiger partial charge in [0, 0.05) is 10.7 Å². The minimum absolute atomic E-state index is 0.0315. The van der Waals surface area contributed by atoms with Crippen molar-refractivity contribution in [2.45, 2.75) is 26.3 Å². The second-order valence-corrected chi connectivity index (χ2v) is 5.08. The topological polar surface area (TPSA) is 78.4 Å². The average molecular weight is 285 g/mol. The Labute approximate surface area is 117 Å². The summed E-state index contributed by atoms with van der Waals surface area (Å²) >= 11 is 5.82. The van der Waals surface area contributed by atoms with Crippen LogP contribution in [-0.4, -0.2) is 29.1 Å². The van der Waals surface area contributed by atoms with Crippen molar-refractivity contribution in [2.24, 2.45) is 0 Å². The molecule has 0 fully saturated rings. The van der Waals surface area contributed by atoms with Crippen molar-refractivity contribution in [2.75, 3.05) is 11.9 Å². The summed E-state index contributed by atoms with van der Waals surface area (Å²) in [4.78, 5) is 23.0. The SMILES string of the molecule is CCNC(C)(C)C(=O)Nc1cc(Cl)cc(C(=O)O)c1. The van der Waals surface area contributed by atoms with E-state index in [9.17, 15) is 9.59 Å². The van der Waals surface area contributed by atoms with Gasteiger partial charge in [-0.2, -0.15) is 0 Å². The predicted molar refractivity (Wildman–Crippen MR) is 74.8 cm³/mol. The van der Waals surface area contributed by atoms with Gasteiger partial charge in [-0.05, 0) is 38.6 Å². The summed E-state index contributed by atoms with van der Waals surface area (Å²) in [5, 5.41) is 14.9. The van der Waals surface area contributed by atoms with Crippen LogP contribution >= 0.6 is 11.6 Å². The number of rotatable bonds is 5. The van der Waals surface area contributed by atoms with Gasteiger partial charge in [-0.1, -0.05) is 18.5 Å². The molecule has 0 saturated heterocycles. The van der Waals surface area contributed by atoms with E-state index in [-0.39, 0.29) is 16.5 Å². The molecule has 1 aromatic carbocycles. The smallest absolute Gasteiger partial charge is 0.335 e. The van der Waals surface area contributed by atoms with Crippen LogP contribution in [0.25, 0.3) is 0 Å². The van der Waals surface area contributed by atoms with E-state index in [1.54, 1.807) is 13.8 Å². The lowest BCUT2D eigenvalue weighted by atomic mass is 10.0. The van der Waals surface area contributed by atoms with Crippen molar-refractivity contribution in [3.8, 4) is 0 Å². The molecule has 5 nitrogen and oxygen atoms in total. The average Bonchev–Trinajstić information content (AvgIpc) is 2.27. The van der Waals surface area contributed by atoms with E-state index in [0.29, 0.717) is 12.2 Å². The molecule has 0 bridgehead atoms. The highest BCUT2D eigenvalue weighted by Gasteiger charge is 2.26. The highest BCUT2D eigenvalue weighted by atomic mass is 35.5. The minimum atomic E-state index is -1.09. The van der Waals surface area contributed by atoms with Gasteiger partial charge >= 0.3 is 5.97 Å². The van der Waals surface area contributed by atoms with Crippen molar-refractivity contribution in [3.05, 3.63) is 28.8 Å². The number of hydrogen-bond acceptors (Lipinski definition) is 3. The number of nitrogens with one attached hydrogen (secondary N) is 2. The van der Waals surface area contributed by atoms with Crippen LogP contribution in [0.2, 0.25) is 5.02 Å². The van der Waals surface area contributed by atoms with Gasteiger partial charge in [-0.15, -0.1) is 0 Å². The molecule has 0 unspecified atom stereocenters. The molecular weight excluding hydrogens is 268 g/mol. The van der Waals surface area contributed by atoms with E-state index < -0.39 is 11.5 Å². The second kappa shape index (κ2) is 6.04. The molecule has 0 atom stereocenters. The van der Waals surface area contributed by atoms with Gasteiger partial charge in [0.15, 0.2) is 0 Å². The number of carboxylic acid groups (broad SMARTS) is 1. The number of halogens is 1. The first kappa shape index (κ1) is 15.5. The zero-order chi connectivity index (χ0) is 14.6. The third-order valence-corrected chi connectivity index (χ3v) is 2.81. The summed E-state index contributed by atoms with van der Waals surface area (Å²) < 4.78 is 0. The fourth-order valence-electron chi connectivity index (χ4n) is 1.59. The molecule has 6 heteroatoms.